The van der Waals surface area contributed by atoms with Crippen LogP contribution in [0.15, 0.2) is 48.5 Å². The summed E-state index contributed by atoms with van der Waals surface area (Å²) < 4.78 is 5.23. The summed E-state index contributed by atoms with van der Waals surface area (Å²) in [6.07, 6.45) is 0.380. The maximum Gasteiger partial charge on any atom is 0.248 e. The Morgan fingerprint density at radius 2 is 2.00 bits per heavy atom. The third-order valence-corrected chi connectivity index (χ3v) is 5.63. The van der Waals surface area contributed by atoms with Crippen LogP contribution in [0.4, 0.5) is 5.69 Å². The van der Waals surface area contributed by atoms with Gasteiger partial charge in [-0.25, -0.2) is 0 Å². The molecule has 3 amide bonds. The number of hydrogen-bond acceptors (Lipinski definition) is 6. The van der Waals surface area contributed by atoms with Crippen molar-refractivity contribution in [1.29, 1.82) is 0 Å². The lowest BCUT2D eigenvalue weighted by Crippen LogP contribution is -2.55. The summed E-state index contributed by atoms with van der Waals surface area (Å²) >= 11 is 1.54. The molecule has 2 aromatic carbocycles. The van der Waals surface area contributed by atoms with Gasteiger partial charge in [0, 0.05) is 35.9 Å². The number of thioether (sulfide) groups is 1. The van der Waals surface area contributed by atoms with Gasteiger partial charge in [-0.05, 0) is 42.0 Å². The second kappa shape index (κ2) is 10.1. The second-order valence-corrected chi connectivity index (χ2v) is 7.97. The number of nitrogens with one attached hydrogen (secondary N) is 3. The SMILES string of the molecule is COc1cccc(CSC2NC(=O)CC(CC(=O)Nc3ccc(C(N)=O)cc3)N2)c1. The standard InChI is InChI=1S/C21H24N4O4S/c1-29-17-4-2-3-13(9-17)12-30-21-24-16(11-19(27)25-21)10-18(26)23-15-7-5-14(6-8-15)20(22)28/h2-9,16,21,24H,10-12H2,1H3,(H2,22,28)(H,23,26)(H,25,27). The van der Waals surface area contributed by atoms with Crippen molar-refractivity contribution in [2.75, 3.05) is 12.4 Å². The van der Waals surface area contributed by atoms with Crippen LogP contribution in [0.1, 0.15) is 28.8 Å². The molecule has 0 saturated carbocycles. The fourth-order valence-electron chi connectivity index (χ4n) is 3.06. The Kier molecular flexibility index (Phi) is 7.31. The lowest BCUT2D eigenvalue weighted by atomic mass is 10.1. The van der Waals surface area contributed by atoms with Gasteiger partial charge in [0.2, 0.25) is 17.7 Å². The quantitative estimate of drug-likeness (QED) is 0.509. The van der Waals surface area contributed by atoms with E-state index in [1.165, 1.54) is 11.8 Å². The maximum atomic E-state index is 12.4. The number of methoxy groups -OCH3 is 1. The lowest BCUT2D eigenvalue weighted by molar-refractivity contribution is -0.124. The minimum atomic E-state index is -0.525. The molecule has 5 N–H and O–H groups in total. The molecule has 1 aliphatic heterocycles. The van der Waals surface area contributed by atoms with E-state index in [0.29, 0.717) is 17.0 Å². The van der Waals surface area contributed by atoms with Gasteiger partial charge in [-0.2, -0.15) is 0 Å². The van der Waals surface area contributed by atoms with E-state index in [9.17, 15) is 14.4 Å². The van der Waals surface area contributed by atoms with Crippen molar-refractivity contribution in [3.8, 4) is 5.75 Å². The highest BCUT2D eigenvalue weighted by atomic mass is 32.2. The molecular weight excluding hydrogens is 404 g/mol. The smallest absolute Gasteiger partial charge is 0.248 e. The first-order valence-electron chi connectivity index (χ1n) is 9.42. The molecule has 8 nitrogen and oxygen atoms in total. The largest absolute Gasteiger partial charge is 0.497 e. The number of carbonyl (C=O) groups is 3. The van der Waals surface area contributed by atoms with Crippen LogP contribution in [-0.2, 0) is 15.3 Å². The van der Waals surface area contributed by atoms with Gasteiger partial charge in [-0.3, -0.25) is 19.7 Å². The van der Waals surface area contributed by atoms with E-state index in [1.54, 1.807) is 31.4 Å². The Labute approximate surface area is 178 Å². The first kappa shape index (κ1) is 21.7. The van der Waals surface area contributed by atoms with Crippen LogP contribution in [-0.4, -0.2) is 36.4 Å². The topological polar surface area (TPSA) is 123 Å². The monoisotopic (exact) mass is 428 g/mol. The van der Waals surface area contributed by atoms with E-state index >= 15 is 0 Å². The highest BCUT2D eigenvalue weighted by Crippen LogP contribution is 2.22. The van der Waals surface area contributed by atoms with Crippen LogP contribution in [0.5, 0.6) is 5.75 Å². The molecule has 30 heavy (non-hydrogen) atoms. The van der Waals surface area contributed by atoms with Crippen LogP contribution >= 0.6 is 11.8 Å². The number of carbonyl (C=O) groups excluding carboxylic acids is 3. The molecule has 0 aliphatic carbocycles. The number of benzene rings is 2. The molecule has 2 unspecified atom stereocenters. The van der Waals surface area contributed by atoms with Crippen LogP contribution in [0.25, 0.3) is 0 Å². The summed E-state index contributed by atoms with van der Waals surface area (Å²) in [6.45, 7) is 0. The van der Waals surface area contributed by atoms with Crippen molar-refractivity contribution in [1.82, 2.24) is 10.6 Å². The molecule has 9 heteroatoms. The summed E-state index contributed by atoms with van der Waals surface area (Å²) in [7, 11) is 1.62. The third-order valence-electron chi connectivity index (χ3n) is 4.55. The Hall–Kier alpha value is -3.04. The molecule has 0 bridgehead atoms. The van der Waals surface area contributed by atoms with Gasteiger partial charge >= 0.3 is 0 Å². The molecule has 2 aromatic rings. The molecule has 2 atom stereocenters. The van der Waals surface area contributed by atoms with Gasteiger partial charge in [-0.15, -0.1) is 11.8 Å². The van der Waals surface area contributed by atoms with Gasteiger partial charge < -0.3 is 21.1 Å². The molecule has 0 aromatic heterocycles. The van der Waals surface area contributed by atoms with Crippen molar-refractivity contribution in [2.24, 2.45) is 5.73 Å². The van der Waals surface area contributed by atoms with E-state index in [-0.39, 0.29) is 36.2 Å². The number of ether oxygens (including phenoxy) is 1. The van der Waals surface area contributed by atoms with E-state index < -0.39 is 5.91 Å². The summed E-state index contributed by atoms with van der Waals surface area (Å²) in [5.41, 5.74) is 6.94. The Morgan fingerprint density at radius 3 is 2.70 bits per heavy atom. The number of amides is 3. The average Bonchev–Trinajstić information content (AvgIpc) is 2.72. The van der Waals surface area contributed by atoms with Crippen LogP contribution in [0.2, 0.25) is 0 Å². The number of primary amides is 1. The van der Waals surface area contributed by atoms with Crippen molar-refractivity contribution in [2.45, 2.75) is 30.1 Å². The fraction of sp³-hybridized carbons (Fsp3) is 0.286. The zero-order chi connectivity index (χ0) is 21.5. The van der Waals surface area contributed by atoms with Crippen molar-refractivity contribution < 1.29 is 19.1 Å². The predicted molar refractivity (Wildman–Crippen MR) is 116 cm³/mol. The molecule has 158 valence electrons. The number of anilines is 1. The van der Waals surface area contributed by atoms with E-state index in [4.69, 9.17) is 10.5 Å². The third kappa shape index (κ3) is 6.23. The summed E-state index contributed by atoms with van der Waals surface area (Å²) in [5.74, 6) is 0.626. The molecular formula is C21H24N4O4S. The van der Waals surface area contributed by atoms with Crippen LogP contribution < -0.4 is 26.4 Å². The highest BCUT2D eigenvalue weighted by molar-refractivity contribution is 7.99. The fourth-order valence-corrected chi connectivity index (χ4v) is 4.10. The van der Waals surface area contributed by atoms with Crippen molar-refractivity contribution >= 4 is 35.2 Å². The molecule has 1 aliphatic rings. The van der Waals surface area contributed by atoms with Crippen molar-refractivity contribution in [3.63, 3.8) is 0 Å². The van der Waals surface area contributed by atoms with Crippen molar-refractivity contribution in [3.05, 3.63) is 59.7 Å². The summed E-state index contributed by atoms with van der Waals surface area (Å²) in [6, 6.07) is 13.8. The van der Waals surface area contributed by atoms with Gasteiger partial charge in [0.25, 0.3) is 0 Å². The molecule has 1 saturated heterocycles. The van der Waals surface area contributed by atoms with Crippen LogP contribution in [0.3, 0.4) is 0 Å². The predicted octanol–water partition coefficient (Wildman–Crippen LogP) is 1.82. The van der Waals surface area contributed by atoms with E-state index in [0.717, 1.165) is 11.3 Å². The minimum absolute atomic E-state index is 0.0968. The molecule has 0 radical (unpaired) electrons. The molecule has 1 fully saturated rings. The van der Waals surface area contributed by atoms with Crippen LogP contribution in [0, 0.1) is 0 Å². The number of hydrogen-bond donors (Lipinski definition) is 4. The lowest BCUT2D eigenvalue weighted by Gasteiger charge is -2.31. The Morgan fingerprint density at radius 1 is 1.23 bits per heavy atom. The summed E-state index contributed by atoms with van der Waals surface area (Å²) in [4.78, 5) is 35.6. The first-order valence-corrected chi connectivity index (χ1v) is 10.5. The average molecular weight is 429 g/mol. The highest BCUT2D eigenvalue weighted by Gasteiger charge is 2.27. The first-order chi connectivity index (χ1) is 14.4. The Balaban J connectivity index is 1.51. The zero-order valence-electron chi connectivity index (χ0n) is 16.5. The molecule has 3 rings (SSSR count). The molecule has 0 spiro atoms. The van der Waals surface area contributed by atoms with Gasteiger partial charge in [0.05, 0.1) is 7.11 Å². The normalized spacial score (nSPS) is 18.4. The van der Waals surface area contributed by atoms with Gasteiger partial charge in [0.15, 0.2) is 0 Å². The number of rotatable bonds is 8. The maximum absolute atomic E-state index is 12.4. The van der Waals surface area contributed by atoms with Gasteiger partial charge in [-0.1, -0.05) is 12.1 Å². The van der Waals surface area contributed by atoms with E-state index in [2.05, 4.69) is 16.0 Å². The summed E-state index contributed by atoms with van der Waals surface area (Å²) in [5, 5.41) is 8.96. The minimum Gasteiger partial charge on any atom is -0.497 e. The Bertz CT molecular complexity index is 919. The second-order valence-electron chi connectivity index (χ2n) is 6.87. The molecule has 1 heterocycles. The van der Waals surface area contributed by atoms with Gasteiger partial charge in [0.1, 0.15) is 11.2 Å². The number of nitrogens with two attached hydrogens (primary N) is 1. The van der Waals surface area contributed by atoms with E-state index in [1.807, 2.05) is 24.3 Å². The zero-order valence-corrected chi connectivity index (χ0v) is 17.3.